The molecule has 0 saturated carbocycles. The lowest BCUT2D eigenvalue weighted by molar-refractivity contribution is 0.259. The van der Waals surface area contributed by atoms with Crippen molar-refractivity contribution in [1.29, 1.82) is 0 Å². The zero-order valence-electron chi connectivity index (χ0n) is 16.9. The maximum Gasteiger partial charge on any atom is 0.242 e. The number of rotatable bonds is 11. The average Bonchev–Trinajstić information content (AvgIpc) is 2.62. The second-order valence-corrected chi connectivity index (χ2v) is 9.95. The summed E-state index contributed by atoms with van der Waals surface area (Å²) >= 11 is 1.21. The minimum absolute atomic E-state index is 0.131. The van der Waals surface area contributed by atoms with Gasteiger partial charge in [0.25, 0.3) is 0 Å². The molecule has 1 aromatic carbocycles. The first-order valence-electron chi connectivity index (χ1n) is 9.23. The van der Waals surface area contributed by atoms with Gasteiger partial charge in [-0.1, -0.05) is 31.7 Å². The predicted molar refractivity (Wildman–Crippen MR) is 113 cm³/mol. The number of hydrogen-bond acceptors (Lipinski definition) is 8. The first-order valence-corrected chi connectivity index (χ1v) is 12.1. The summed E-state index contributed by atoms with van der Waals surface area (Å²) in [5.74, 6) is -1.07. The number of aromatic nitrogens is 3. The standard InChI is InChI=1S/C18H25F2N5O3S2/c1-11(2)8-13(10-26)21-16-22-17(25-30(3,27)28)24-18(23-16)29-7-6-12-4-5-14(19)15(20)9-12/h4-5,9,11,13,26H,6-8,10H2,1-3H3,(H2,21,22,23,24,25)/t13-/m1/s1. The molecule has 1 atom stereocenters. The van der Waals surface area contributed by atoms with Crippen molar-refractivity contribution in [1.82, 2.24) is 15.0 Å². The van der Waals surface area contributed by atoms with Crippen molar-refractivity contribution in [2.45, 2.75) is 37.9 Å². The van der Waals surface area contributed by atoms with Crippen molar-refractivity contribution in [3.8, 4) is 0 Å². The third kappa shape index (κ3) is 8.36. The van der Waals surface area contributed by atoms with E-state index in [4.69, 9.17) is 0 Å². The van der Waals surface area contributed by atoms with Gasteiger partial charge in [0.2, 0.25) is 21.9 Å². The lowest BCUT2D eigenvalue weighted by Crippen LogP contribution is -2.27. The molecule has 3 N–H and O–H groups in total. The van der Waals surface area contributed by atoms with Crippen LogP contribution in [0.5, 0.6) is 0 Å². The zero-order chi connectivity index (χ0) is 22.3. The highest BCUT2D eigenvalue weighted by Gasteiger charge is 2.15. The fourth-order valence-corrected chi connectivity index (χ4v) is 3.83. The van der Waals surface area contributed by atoms with E-state index in [9.17, 15) is 22.3 Å². The molecule has 2 rings (SSSR count). The number of halogens is 2. The second kappa shape index (κ2) is 10.8. The molecule has 30 heavy (non-hydrogen) atoms. The van der Waals surface area contributed by atoms with E-state index in [0.717, 1.165) is 18.4 Å². The fourth-order valence-electron chi connectivity index (χ4n) is 2.58. The molecule has 0 saturated heterocycles. The summed E-state index contributed by atoms with van der Waals surface area (Å²) in [6, 6.07) is 3.38. The van der Waals surface area contributed by atoms with Gasteiger partial charge >= 0.3 is 0 Å². The summed E-state index contributed by atoms with van der Waals surface area (Å²) in [5.41, 5.74) is 0.612. The van der Waals surface area contributed by atoms with Gasteiger partial charge in [0, 0.05) is 5.75 Å². The molecule has 2 aromatic rings. The number of hydrogen-bond donors (Lipinski definition) is 3. The topological polar surface area (TPSA) is 117 Å². The van der Waals surface area contributed by atoms with Crippen molar-refractivity contribution in [3.05, 3.63) is 35.4 Å². The zero-order valence-corrected chi connectivity index (χ0v) is 18.5. The number of sulfonamides is 1. The quantitative estimate of drug-likeness (QED) is 0.437. The number of aryl methyl sites for hydroxylation is 1. The SMILES string of the molecule is CC(C)C[C@H](CO)Nc1nc(NS(C)(=O)=O)nc(SCCc2ccc(F)c(F)c2)n1. The lowest BCUT2D eigenvalue weighted by atomic mass is 10.0. The first kappa shape index (κ1) is 24.2. The van der Waals surface area contributed by atoms with Crippen LogP contribution in [0.4, 0.5) is 20.7 Å². The van der Waals surface area contributed by atoms with Gasteiger partial charge in [0.05, 0.1) is 18.9 Å². The first-order chi connectivity index (χ1) is 14.1. The Morgan fingerprint density at radius 3 is 2.43 bits per heavy atom. The van der Waals surface area contributed by atoms with Crippen LogP contribution in [0, 0.1) is 17.6 Å². The molecule has 8 nitrogen and oxygen atoms in total. The Labute approximate surface area is 179 Å². The number of benzene rings is 1. The number of anilines is 2. The van der Waals surface area contributed by atoms with E-state index < -0.39 is 21.7 Å². The van der Waals surface area contributed by atoms with E-state index in [1.165, 1.54) is 17.8 Å². The molecular formula is C18H25F2N5O3S2. The summed E-state index contributed by atoms with van der Waals surface area (Å²) in [4.78, 5) is 12.4. The highest BCUT2D eigenvalue weighted by atomic mass is 32.2. The van der Waals surface area contributed by atoms with Crippen molar-refractivity contribution < 1.29 is 22.3 Å². The lowest BCUT2D eigenvalue weighted by Gasteiger charge is -2.18. The van der Waals surface area contributed by atoms with E-state index in [-0.39, 0.29) is 29.7 Å². The van der Waals surface area contributed by atoms with Gasteiger partial charge in [-0.05, 0) is 36.5 Å². The van der Waals surface area contributed by atoms with Gasteiger partial charge in [-0.15, -0.1) is 0 Å². The molecule has 0 bridgehead atoms. The van der Waals surface area contributed by atoms with Gasteiger partial charge in [0.15, 0.2) is 16.8 Å². The van der Waals surface area contributed by atoms with Crippen LogP contribution < -0.4 is 10.0 Å². The molecule has 0 unspecified atom stereocenters. The molecule has 0 aliphatic heterocycles. The molecule has 166 valence electrons. The summed E-state index contributed by atoms with van der Waals surface area (Å²) in [7, 11) is -3.60. The Kier molecular flexibility index (Phi) is 8.74. The van der Waals surface area contributed by atoms with Crippen LogP contribution in [0.2, 0.25) is 0 Å². The minimum Gasteiger partial charge on any atom is -0.394 e. The van der Waals surface area contributed by atoms with Gasteiger partial charge in [-0.3, -0.25) is 4.72 Å². The van der Waals surface area contributed by atoms with Crippen LogP contribution in [0.15, 0.2) is 23.4 Å². The van der Waals surface area contributed by atoms with Crippen LogP contribution in [-0.2, 0) is 16.4 Å². The normalized spacial score (nSPS) is 12.8. The van der Waals surface area contributed by atoms with Gasteiger partial charge in [0.1, 0.15) is 0 Å². The smallest absolute Gasteiger partial charge is 0.242 e. The Hall–Kier alpha value is -2.05. The van der Waals surface area contributed by atoms with Crippen LogP contribution >= 0.6 is 11.8 Å². The van der Waals surface area contributed by atoms with Crippen molar-refractivity contribution in [2.24, 2.45) is 5.92 Å². The average molecular weight is 462 g/mol. The van der Waals surface area contributed by atoms with Crippen LogP contribution in [-0.4, -0.2) is 53.1 Å². The molecule has 1 heterocycles. The highest BCUT2D eigenvalue weighted by molar-refractivity contribution is 7.99. The summed E-state index contributed by atoms with van der Waals surface area (Å²) in [5, 5.41) is 12.8. The van der Waals surface area contributed by atoms with Crippen molar-refractivity contribution in [2.75, 3.05) is 28.7 Å². The second-order valence-electron chi connectivity index (χ2n) is 7.14. The number of thioether (sulfide) groups is 1. The van der Waals surface area contributed by atoms with E-state index in [1.807, 2.05) is 13.8 Å². The summed E-state index contributed by atoms with van der Waals surface area (Å²) in [6.45, 7) is 3.87. The van der Waals surface area contributed by atoms with Gasteiger partial charge < -0.3 is 10.4 Å². The molecule has 0 aliphatic rings. The van der Waals surface area contributed by atoms with Crippen molar-refractivity contribution >= 4 is 33.7 Å². The summed E-state index contributed by atoms with van der Waals surface area (Å²) < 4.78 is 51.7. The van der Waals surface area contributed by atoms with Gasteiger partial charge in [-0.2, -0.15) is 15.0 Å². The third-order valence-corrected chi connectivity index (χ3v) is 5.21. The number of aliphatic hydroxyl groups is 1. The predicted octanol–water partition coefficient (Wildman–Crippen LogP) is 2.68. The molecule has 0 amide bonds. The third-order valence-electron chi connectivity index (χ3n) is 3.81. The number of nitrogens with one attached hydrogen (secondary N) is 2. The van der Waals surface area contributed by atoms with Crippen molar-refractivity contribution in [3.63, 3.8) is 0 Å². The Morgan fingerprint density at radius 2 is 1.83 bits per heavy atom. The molecule has 0 aliphatic carbocycles. The fraction of sp³-hybridized carbons (Fsp3) is 0.500. The number of nitrogens with zero attached hydrogens (tertiary/aromatic N) is 3. The molecule has 0 radical (unpaired) electrons. The molecule has 1 aromatic heterocycles. The highest BCUT2D eigenvalue weighted by Crippen LogP contribution is 2.20. The van der Waals surface area contributed by atoms with E-state index in [1.54, 1.807) is 0 Å². The monoisotopic (exact) mass is 461 g/mol. The minimum atomic E-state index is -3.60. The van der Waals surface area contributed by atoms with E-state index in [2.05, 4.69) is 25.0 Å². The largest absolute Gasteiger partial charge is 0.394 e. The van der Waals surface area contributed by atoms with Crippen LogP contribution in [0.25, 0.3) is 0 Å². The maximum atomic E-state index is 13.3. The maximum absolute atomic E-state index is 13.3. The van der Waals surface area contributed by atoms with E-state index in [0.29, 0.717) is 30.1 Å². The Balaban J connectivity index is 2.15. The molecule has 0 fully saturated rings. The molecule has 12 heteroatoms. The molecular weight excluding hydrogens is 436 g/mol. The van der Waals surface area contributed by atoms with Crippen LogP contribution in [0.3, 0.4) is 0 Å². The van der Waals surface area contributed by atoms with Crippen LogP contribution in [0.1, 0.15) is 25.8 Å². The summed E-state index contributed by atoms with van der Waals surface area (Å²) in [6.07, 6.45) is 2.07. The number of aliphatic hydroxyl groups excluding tert-OH is 1. The van der Waals surface area contributed by atoms with Gasteiger partial charge in [-0.25, -0.2) is 17.2 Å². The Morgan fingerprint density at radius 1 is 1.13 bits per heavy atom. The Bertz CT molecular complexity index is 961. The molecule has 0 spiro atoms. The van der Waals surface area contributed by atoms with E-state index >= 15 is 0 Å².